The second-order valence-electron chi connectivity index (χ2n) is 7.38. The van der Waals surface area contributed by atoms with Crippen molar-refractivity contribution >= 4 is 11.6 Å². The Morgan fingerprint density at radius 2 is 1.79 bits per heavy atom. The van der Waals surface area contributed by atoms with Gasteiger partial charge in [0.1, 0.15) is 18.1 Å². The van der Waals surface area contributed by atoms with Gasteiger partial charge in [0, 0.05) is 11.3 Å². The molecule has 0 radical (unpaired) electrons. The van der Waals surface area contributed by atoms with Gasteiger partial charge in [-0.2, -0.15) is 5.26 Å². The smallest absolute Gasteiger partial charge is 0.255 e. The van der Waals surface area contributed by atoms with Crippen LogP contribution in [0.4, 0.5) is 5.69 Å². The number of carbonyl (C=O) groups excluding carboxylic acids is 1. The Morgan fingerprint density at radius 1 is 1.14 bits per heavy atom. The third-order valence-electron chi connectivity index (χ3n) is 4.82. The molecule has 0 atom stereocenters. The molecular formula is C23H23N3O3. The zero-order valence-corrected chi connectivity index (χ0v) is 16.9. The molecule has 0 saturated heterocycles. The van der Waals surface area contributed by atoms with Crippen molar-refractivity contribution in [2.75, 3.05) is 5.32 Å². The minimum absolute atomic E-state index is 0.213. The monoisotopic (exact) mass is 389 g/mol. The first-order valence-corrected chi connectivity index (χ1v) is 9.28. The maximum absolute atomic E-state index is 12.5. The van der Waals surface area contributed by atoms with Gasteiger partial charge in [-0.05, 0) is 69.7 Å². The van der Waals surface area contributed by atoms with Gasteiger partial charge in [-0.25, -0.2) is 0 Å². The van der Waals surface area contributed by atoms with Crippen LogP contribution >= 0.6 is 0 Å². The number of carbonyl (C=O) groups is 1. The molecule has 2 aromatic carbocycles. The van der Waals surface area contributed by atoms with Crippen LogP contribution in [-0.4, -0.2) is 11.1 Å². The summed E-state index contributed by atoms with van der Waals surface area (Å²) in [6.45, 7) is 7.79. The van der Waals surface area contributed by atoms with E-state index >= 15 is 0 Å². The number of ether oxygens (including phenoxy) is 1. The van der Waals surface area contributed by atoms with Crippen LogP contribution < -0.4 is 10.1 Å². The lowest BCUT2D eigenvalue weighted by Crippen LogP contribution is -2.15. The summed E-state index contributed by atoms with van der Waals surface area (Å²) in [5.41, 5.74) is 3.26. The summed E-state index contributed by atoms with van der Waals surface area (Å²) in [5.74, 6) is 1.18. The van der Waals surface area contributed by atoms with Crippen molar-refractivity contribution in [3.8, 4) is 11.8 Å². The van der Waals surface area contributed by atoms with Gasteiger partial charge in [0.2, 0.25) is 0 Å². The zero-order chi connectivity index (χ0) is 21.0. The van der Waals surface area contributed by atoms with Gasteiger partial charge in [0.15, 0.2) is 0 Å². The predicted molar refractivity (Wildman–Crippen MR) is 110 cm³/mol. The number of amides is 1. The number of hydrogen-bond acceptors (Lipinski definition) is 5. The Labute approximate surface area is 170 Å². The van der Waals surface area contributed by atoms with Crippen LogP contribution in [0.25, 0.3) is 0 Å². The maximum atomic E-state index is 12.5. The summed E-state index contributed by atoms with van der Waals surface area (Å²) in [7, 11) is 0. The van der Waals surface area contributed by atoms with Crippen LogP contribution in [0.2, 0.25) is 0 Å². The Morgan fingerprint density at radius 3 is 2.34 bits per heavy atom. The quantitative estimate of drug-likeness (QED) is 0.646. The third-order valence-corrected chi connectivity index (χ3v) is 4.82. The summed E-state index contributed by atoms with van der Waals surface area (Å²) < 4.78 is 10.9. The van der Waals surface area contributed by atoms with Gasteiger partial charge in [0.05, 0.1) is 22.7 Å². The number of nitrogens with one attached hydrogen (secondary N) is 1. The normalized spacial score (nSPS) is 11.0. The molecule has 0 bridgehead atoms. The summed E-state index contributed by atoms with van der Waals surface area (Å²) in [6.07, 6.45) is 0. The number of hydrogen-bond donors (Lipinski definition) is 1. The van der Waals surface area contributed by atoms with Gasteiger partial charge in [-0.15, -0.1) is 0 Å². The van der Waals surface area contributed by atoms with Gasteiger partial charge in [-0.3, -0.25) is 4.79 Å². The largest absolute Gasteiger partial charge is 0.489 e. The van der Waals surface area contributed by atoms with Crippen molar-refractivity contribution in [2.45, 2.75) is 39.7 Å². The lowest BCUT2D eigenvalue weighted by Gasteiger charge is -2.16. The molecule has 0 aliphatic carbocycles. The highest BCUT2D eigenvalue weighted by Crippen LogP contribution is 2.24. The van der Waals surface area contributed by atoms with Crippen LogP contribution in [-0.2, 0) is 12.0 Å². The van der Waals surface area contributed by atoms with Crippen molar-refractivity contribution in [3.63, 3.8) is 0 Å². The Kier molecular flexibility index (Phi) is 5.69. The molecule has 6 heteroatoms. The molecule has 3 aromatic rings. The Hall–Kier alpha value is -3.59. The van der Waals surface area contributed by atoms with Crippen molar-refractivity contribution < 1.29 is 14.1 Å². The predicted octanol–water partition coefficient (Wildman–Crippen LogP) is 4.92. The highest BCUT2D eigenvalue weighted by atomic mass is 16.5. The topological polar surface area (TPSA) is 88.2 Å². The molecule has 1 heterocycles. The van der Waals surface area contributed by atoms with E-state index < -0.39 is 5.41 Å². The van der Waals surface area contributed by atoms with Crippen molar-refractivity contribution in [3.05, 3.63) is 76.7 Å². The van der Waals surface area contributed by atoms with Crippen LogP contribution in [0, 0.1) is 25.2 Å². The van der Waals surface area contributed by atoms with Gasteiger partial charge in [0.25, 0.3) is 5.91 Å². The van der Waals surface area contributed by atoms with E-state index in [4.69, 9.17) is 9.26 Å². The first kappa shape index (κ1) is 20.2. The van der Waals surface area contributed by atoms with Crippen LogP contribution in [0.1, 0.15) is 46.8 Å². The minimum atomic E-state index is -0.567. The number of anilines is 1. The zero-order valence-electron chi connectivity index (χ0n) is 16.9. The number of aromatic nitrogens is 1. The van der Waals surface area contributed by atoms with Crippen LogP contribution in [0.3, 0.4) is 0 Å². The molecule has 3 rings (SSSR count). The van der Waals surface area contributed by atoms with Gasteiger partial charge < -0.3 is 14.6 Å². The molecule has 6 nitrogen and oxygen atoms in total. The van der Waals surface area contributed by atoms with Crippen molar-refractivity contribution in [1.82, 2.24) is 5.16 Å². The Bertz CT molecular complexity index is 1020. The fraction of sp³-hybridized carbons (Fsp3) is 0.261. The van der Waals surface area contributed by atoms with E-state index in [0.29, 0.717) is 23.6 Å². The molecule has 1 amide bonds. The summed E-state index contributed by atoms with van der Waals surface area (Å²) in [6, 6.07) is 16.5. The van der Waals surface area contributed by atoms with E-state index in [-0.39, 0.29) is 5.91 Å². The SMILES string of the molecule is Cc1noc(C)c1COc1ccc(C(=O)Nc2ccc(C(C)(C)C#N)cc2)cc1. The first-order chi connectivity index (χ1) is 13.8. The van der Waals surface area contributed by atoms with Gasteiger partial charge >= 0.3 is 0 Å². The summed E-state index contributed by atoms with van der Waals surface area (Å²) in [5, 5.41) is 16.0. The van der Waals surface area contributed by atoms with Crippen molar-refractivity contribution in [1.29, 1.82) is 5.26 Å². The van der Waals surface area contributed by atoms with E-state index in [0.717, 1.165) is 22.6 Å². The second-order valence-corrected chi connectivity index (χ2v) is 7.38. The lowest BCUT2D eigenvalue weighted by atomic mass is 9.86. The van der Waals surface area contributed by atoms with E-state index in [1.165, 1.54) is 0 Å². The van der Waals surface area contributed by atoms with Crippen molar-refractivity contribution in [2.24, 2.45) is 0 Å². The number of nitriles is 1. The van der Waals surface area contributed by atoms with Gasteiger partial charge in [-0.1, -0.05) is 17.3 Å². The maximum Gasteiger partial charge on any atom is 0.255 e. The average Bonchev–Trinajstić information content (AvgIpc) is 3.04. The fourth-order valence-electron chi connectivity index (χ4n) is 2.80. The summed E-state index contributed by atoms with van der Waals surface area (Å²) >= 11 is 0. The molecule has 0 unspecified atom stereocenters. The Balaban J connectivity index is 1.61. The molecule has 29 heavy (non-hydrogen) atoms. The number of aryl methyl sites for hydroxylation is 2. The fourth-order valence-corrected chi connectivity index (χ4v) is 2.80. The van der Waals surface area contributed by atoms with E-state index in [2.05, 4.69) is 16.5 Å². The second kappa shape index (κ2) is 8.19. The molecule has 148 valence electrons. The third kappa shape index (κ3) is 4.64. The van der Waals surface area contributed by atoms with Crippen LogP contribution in [0.15, 0.2) is 53.1 Å². The molecule has 0 aliphatic rings. The van der Waals surface area contributed by atoms with E-state index in [1.54, 1.807) is 36.4 Å². The van der Waals surface area contributed by atoms with E-state index in [1.807, 2.05) is 39.8 Å². The number of rotatable bonds is 6. The molecule has 0 saturated carbocycles. The first-order valence-electron chi connectivity index (χ1n) is 9.28. The van der Waals surface area contributed by atoms with Crippen LogP contribution in [0.5, 0.6) is 5.75 Å². The molecule has 0 spiro atoms. The molecule has 0 fully saturated rings. The lowest BCUT2D eigenvalue weighted by molar-refractivity contribution is 0.102. The molecule has 1 N–H and O–H groups in total. The molecule has 1 aromatic heterocycles. The molecular weight excluding hydrogens is 366 g/mol. The molecule has 0 aliphatic heterocycles. The minimum Gasteiger partial charge on any atom is -0.489 e. The highest BCUT2D eigenvalue weighted by Gasteiger charge is 2.19. The standard InChI is InChI=1S/C23H23N3O3/c1-15-21(16(2)29-26-15)13-28-20-11-5-17(6-12-20)22(27)25-19-9-7-18(8-10-19)23(3,4)14-24/h5-12H,13H2,1-4H3,(H,25,27). The average molecular weight is 389 g/mol. The van der Waals surface area contributed by atoms with E-state index in [9.17, 15) is 10.1 Å². The number of nitrogens with zero attached hydrogens (tertiary/aromatic N) is 2. The summed E-state index contributed by atoms with van der Waals surface area (Å²) in [4.78, 5) is 12.5. The number of benzene rings is 2. The highest BCUT2D eigenvalue weighted by molar-refractivity contribution is 6.04.